The summed E-state index contributed by atoms with van der Waals surface area (Å²) in [6, 6.07) is 0. The summed E-state index contributed by atoms with van der Waals surface area (Å²) in [6.07, 6.45) is 8.71. The van der Waals surface area contributed by atoms with Gasteiger partial charge in [-0.3, -0.25) is 19.6 Å². The zero-order valence-corrected chi connectivity index (χ0v) is 13.0. The zero-order valence-electron chi connectivity index (χ0n) is 13.0. The Kier molecular flexibility index (Phi) is 4.95. The molecule has 0 atom stereocenters. The van der Waals surface area contributed by atoms with Gasteiger partial charge in [0.15, 0.2) is 0 Å². The number of nitro groups is 1. The summed E-state index contributed by atoms with van der Waals surface area (Å²) in [5.41, 5.74) is 1.25. The number of rotatable bonds is 5. The molecular formula is C15H22N4O3. The predicted octanol–water partition coefficient (Wildman–Crippen LogP) is 2.43. The average molecular weight is 306 g/mol. The number of carbonyl (C=O) groups is 1. The van der Waals surface area contributed by atoms with Crippen molar-refractivity contribution >= 4 is 11.6 Å². The molecule has 1 heterocycles. The smallest absolute Gasteiger partial charge is 0.306 e. The largest absolute Gasteiger partial charge is 0.351 e. The molecule has 22 heavy (non-hydrogen) atoms. The summed E-state index contributed by atoms with van der Waals surface area (Å²) in [5, 5.41) is 17.2. The third-order valence-electron chi connectivity index (χ3n) is 4.14. The van der Waals surface area contributed by atoms with E-state index in [1.54, 1.807) is 6.08 Å². The van der Waals surface area contributed by atoms with E-state index in [-0.39, 0.29) is 17.0 Å². The van der Waals surface area contributed by atoms with Crippen LogP contribution >= 0.6 is 0 Å². The summed E-state index contributed by atoms with van der Waals surface area (Å²) in [7, 11) is 0. The van der Waals surface area contributed by atoms with Gasteiger partial charge >= 0.3 is 5.69 Å². The first-order valence-electron chi connectivity index (χ1n) is 7.54. The van der Waals surface area contributed by atoms with E-state index in [1.807, 2.05) is 0 Å². The molecule has 7 heteroatoms. The zero-order chi connectivity index (χ0) is 16.2. The lowest BCUT2D eigenvalue weighted by molar-refractivity contribution is -0.385. The predicted molar refractivity (Wildman–Crippen MR) is 82.2 cm³/mol. The molecule has 1 aromatic heterocycles. The van der Waals surface area contributed by atoms with Crippen molar-refractivity contribution in [2.45, 2.75) is 46.1 Å². The molecule has 0 radical (unpaired) electrons. The van der Waals surface area contributed by atoms with Crippen molar-refractivity contribution in [1.29, 1.82) is 0 Å². The van der Waals surface area contributed by atoms with Gasteiger partial charge < -0.3 is 5.32 Å². The Hall–Kier alpha value is -2.18. The van der Waals surface area contributed by atoms with Crippen LogP contribution in [-0.2, 0) is 11.3 Å². The molecule has 0 saturated heterocycles. The lowest BCUT2D eigenvalue weighted by atomic mass is 9.73. The van der Waals surface area contributed by atoms with Crippen molar-refractivity contribution in [3.63, 3.8) is 0 Å². The molecule has 0 unspecified atom stereocenters. The summed E-state index contributed by atoms with van der Waals surface area (Å²) < 4.78 is 1.45. The molecule has 1 amide bonds. The SMILES string of the molecule is CC1(C)CCCCC1=CC(=O)NCCn1cc([N+](=O)[O-])cn1. The third kappa shape index (κ3) is 4.16. The number of amides is 1. The fraction of sp³-hybridized carbons (Fsp3) is 0.600. The van der Waals surface area contributed by atoms with Crippen LogP contribution in [0.4, 0.5) is 5.69 Å². The van der Waals surface area contributed by atoms with Crippen LogP contribution in [0.25, 0.3) is 0 Å². The monoisotopic (exact) mass is 306 g/mol. The normalized spacial score (nSPS) is 19.1. The van der Waals surface area contributed by atoms with Gasteiger partial charge in [-0.15, -0.1) is 0 Å². The van der Waals surface area contributed by atoms with E-state index >= 15 is 0 Å². The standard InChI is InChI=1S/C15H22N4O3/c1-15(2)6-4-3-5-12(15)9-14(20)16-7-8-18-11-13(10-17-18)19(21)22/h9-11H,3-8H2,1-2H3,(H,16,20). The van der Waals surface area contributed by atoms with Crippen LogP contribution in [0.15, 0.2) is 24.0 Å². The summed E-state index contributed by atoms with van der Waals surface area (Å²) >= 11 is 0. The molecule has 0 aromatic carbocycles. The third-order valence-corrected chi connectivity index (χ3v) is 4.14. The molecular weight excluding hydrogens is 284 g/mol. The Balaban J connectivity index is 1.83. The number of nitrogens with one attached hydrogen (secondary N) is 1. The lowest BCUT2D eigenvalue weighted by Crippen LogP contribution is -2.28. The van der Waals surface area contributed by atoms with Crippen molar-refractivity contribution in [2.75, 3.05) is 6.54 Å². The van der Waals surface area contributed by atoms with Crippen LogP contribution in [0.1, 0.15) is 39.5 Å². The molecule has 1 aliphatic rings. The van der Waals surface area contributed by atoms with E-state index in [4.69, 9.17) is 0 Å². The lowest BCUT2D eigenvalue weighted by Gasteiger charge is -2.32. The fourth-order valence-corrected chi connectivity index (χ4v) is 2.72. The fourth-order valence-electron chi connectivity index (χ4n) is 2.72. The van der Waals surface area contributed by atoms with E-state index in [1.165, 1.54) is 29.1 Å². The summed E-state index contributed by atoms with van der Waals surface area (Å²) in [4.78, 5) is 22.0. The number of hydrogen-bond donors (Lipinski definition) is 1. The molecule has 1 aliphatic carbocycles. The highest BCUT2D eigenvalue weighted by molar-refractivity contribution is 5.88. The minimum absolute atomic E-state index is 0.0441. The topological polar surface area (TPSA) is 90.1 Å². The molecule has 120 valence electrons. The van der Waals surface area contributed by atoms with Crippen molar-refractivity contribution in [2.24, 2.45) is 5.41 Å². The highest BCUT2D eigenvalue weighted by atomic mass is 16.6. The van der Waals surface area contributed by atoms with Gasteiger partial charge in [0.05, 0.1) is 11.5 Å². The number of carbonyl (C=O) groups excluding carboxylic acids is 1. The molecule has 1 N–H and O–H groups in total. The van der Waals surface area contributed by atoms with Gasteiger partial charge in [-0.25, -0.2) is 0 Å². The van der Waals surface area contributed by atoms with Crippen LogP contribution < -0.4 is 5.32 Å². The highest BCUT2D eigenvalue weighted by Crippen LogP contribution is 2.39. The molecule has 1 saturated carbocycles. The number of aromatic nitrogens is 2. The molecule has 0 spiro atoms. The molecule has 2 rings (SSSR count). The van der Waals surface area contributed by atoms with Gasteiger partial charge in [-0.05, 0) is 24.7 Å². The number of nitrogens with zero attached hydrogens (tertiary/aromatic N) is 3. The van der Waals surface area contributed by atoms with Crippen LogP contribution in [-0.4, -0.2) is 27.2 Å². The number of allylic oxidation sites excluding steroid dienone is 1. The molecule has 1 fully saturated rings. The minimum Gasteiger partial charge on any atom is -0.351 e. The minimum atomic E-state index is -0.488. The molecule has 0 aliphatic heterocycles. The van der Waals surface area contributed by atoms with E-state index < -0.39 is 4.92 Å². The highest BCUT2D eigenvalue weighted by Gasteiger charge is 2.26. The maximum absolute atomic E-state index is 12.0. The summed E-state index contributed by atoms with van der Waals surface area (Å²) in [6.45, 7) is 5.15. The summed E-state index contributed by atoms with van der Waals surface area (Å²) in [5.74, 6) is -0.105. The molecule has 7 nitrogen and oxygen atoms in total. The first-order chi connectivity index (χ1) is 10.4. The maximum Gasteiger partial charge on any atom is 0.306 e. The maximum atomic E-state index is 12.0. The Morgan fingerprint density at radius 1 is 1.55 bits per heavy atom. The first-order valence-corrected chi connectivity index (χ1v) is 7.54. The Labute approximate surface area is 129 Å². The molecule has 1 aromatic rings. The van der Waals surface area contributed by atoms with Crippen molar-refractivity contribution < 1.29 is 9.72 Å². The van der Waals surface area contributed by atoms with Crippen molar-refractivity contribution in [1.82, 2.24) is 15.1 Å². The van der Waals surface area contributed by atoms with Crippen molar-refractivity contribution in [3.8, 4) is 0 Å². The van der Waals surface area contributed by atoms with Crippen LogP contribution in [0.5, 0.6) is 0 Å². The van der Waals surface area contributed by atoms with Gasteiger partial charge in [-0.1, -0.05) is 25.8 Å². The number of hydrogen-bond acceptors (Lipinski definition) is 4. The quantitative estimate of drug-likeness (QED) is 0.514. The van der Waals surface area contributed by atoms with Crippen LogP contribution in [0.3, 0.4) is 0 Å². The van der Waals surface area contributed by atoms with Crippen LogP contribution in [0, 0.1) is 15.5 Å². The average Bonchev–Trinajstić information content (AvgIpc) is 2.90. The van der Waals surface area contributed by atoms with Gasteiger partial charge in [0.2, 0.25) is 5.91 Å². The Bertz CT molecular complexity index is 589. The second-order valence-electron chi connectivity index (χ2n) is 6.27. The first kappa shape index (κ1) is 16.2. The van der Waals surface area contributed by atoms with Crippen molar-refractivity contribution in [3.05, 3.63) is 34.2 Å². The van der Waals surface area contributed by atoms with Gasteiger partial charge in [0, 0.05) is 12.6 Å². The van der Waals surface area contributed by atoms with E-state index in [2.05, 4.69) is 24.3 Å². The van der Waals surface area contributed by atoms with Gasteiger partial charge in [0.1, 0.15) is 12.4 Å². The van der Waals surface area contributed by atoms with Gasteiger partial charge in [-0.2, -0.15) is 5.10 Å². The van der Waals surface area contributed by atoms with E-state index in [9.17, 15) is 14.9 Å². The Morgan fingerprint density at radius 2 is 2.32 bits per heavy atom. The Morgan fingerprint density at radius 3 is 2.95 bits per heavy atom. The van der Waals surface area contributed by atoms with Gasteiger partial charge in [0.25, 0.3) is 0 Å². The second-order valence-corrected chi connectivity index (χ2v) is 6.27. The van der Waals surface area contributed by atoms with Crippen LogP contribution in [0.2, 0.25) is 0 Å². The van der Waals surface area contributed by atoms with E-state index in [0.717, 1.165) is 19.3 Å². The van der Waals surface area contributed by atoms with E-state index in [0.29, 0.717) is 13.1 Å². The molecule has 0 bridgehead atoms. The second kappa shape index (κ2) is 6.72.